The van der Waals surface area contributed by atoms with Crippen molar-refractivity contribution >= 4 is 29.1 Å². The second-order valence-corrected chi connectivity index (χ2v) is 16.4. The van der Waals surface area contributed by atoms with Gasteiger partial charge in [0.15, 0.2) is 0 Å². The molecule has 3 amide bonds. The summed E-state index contributed by atoms with van der Waals surface area (Å²) in [6.45, 7) is 10.7. The fourth-order valence-electron chi connectivity index (χ4n) is 9.98. The van der Waals surface area contributed by atoms with Crippen molar-refractivity contribution in [3.05, 3.63) is 137 Å². The van der Waals surface area contributed by atoms with E-state index < -0.39 is 6.04 Å². The van der Waals surface area contributed by atoms with Gasteiger partial charge in [-0.2, -0.15) is 0 Å². The molecule has 0 aromatic heterocycles. The Hall–Kier alpha value is -5.41. The fourth-order valence-corrected chi connectivity index (χ4v) is 9.98. The van der Waals surface area contributed by atoms with E-state index in [2.05, 4.69) is 87.3 Å². The van der Waals surface area contributed by atoms with Crippen molar-refractivity contribution in [2.75, 3.05) is 55.6 Å². The van der Waals surface area contributed by atoms with Gasteiger partial charge in [-0.3, -0.25) is 24.2 Å². The molecule has 1 aliphatic carbocycles. The molecule has 56 heavy (non-hydrogen) atoms. The Morgan fingerprint density at radius 2 is 1.39 bits per heavy atom. The van der Waals surface area contributed by atoms with Crippen LogP contribution in [0.25, 0.3) is 0 Å². The van der Waals surface area contributed by atoms with Crippen LogP contribution in [0.2, 0.25) is 0 Å². The number of imide groups is 1. The monoisotopic (exact) mass is 749 g/mol. The van der Waals surface area contributed by atoms with Crippen LogP contribution in [0.15, 0.2) is 103 Å². The molecular weight excluding hydrogens is 699 g/mol. The molecule has 0 bridgehead atoms. The molecule has 288 valence electrons. The molecule has 2 N–H and O–H groups in total. The van der Waals surface area contributed by atoms with Crippen LogP contribution in [-0.4, -0.2) is 84.5 Å². The second kappa shape index (κ2) is 15.3. The van der Waals surface area contributed by atoms with Crippen molar-refractivity contribution < 1.29 is 19.5 Å². The van der Waals surface area contributed by atoms with Crippen LogP contribution in [0, 0.1) is 5.92 Å². The predicted molar refractivity (Wildman–Crippen MR) is 219 cm³/mol. The van der Waals surface area contributed by atoms with Gasteiger partial charge in [-0.1, -0.05) is 55.1 Å². The Labute approximate surface area is 329 Å². The zero-order chi connectivity index (χ0) is 38.3. The number of benzene rings is 4. The lowest BCUT2D eigenvalue weighted by Gasteiger charge is -2.38. The van der Waals surface area contributed by atoms with Crippen LogP contribution in [0.4, 0.5) is 11.4 Å². The highest BCUT2D eigenvalue weighted by Gasteiger charge is 2.44. The first-order valence-corrected chi connectivity index (χ1v) is 20.5. The van der Waals surface area contributed by atoms with E-state index in [4.69, 9.17) is 0 Å². The number of fused-ring (bicyclic) bond motifs is 2. The van der Waals surface area contributed by atoms with Crippen LogP contribution in [0.1, 0.15) is 93.3 Å². The van der Waals surface area contributed by atoms with Gasteiger partial charge >= 0.3 is 0 Å². The zero-order valence-electron chi connectivity index (χ0n) is 32.0. The van der Waals surface area contributed by atoms with Crippen molar-refractivity contribution in [2.24, 2.45) is 5.92 Å². The maximum absolute atomic E-state index is 13.4. The number of nitrogens with zero attached hydrogens (tertiary/aromatic N) is 4. The van der Waals surface area contributed by atoms with E-state index in [1.807, 2.05) is 24.3 Å². The molecule has 0 radical (unpaired) electrons. The number of carbonyl (C=O) groups is 3. The van der Waals surface area contributed by atoms with Gasteiger partial charge in [-0.25, -0.2) is 0 Å². The third-order valence-corrected chi connectivity index (χ3v) is 13.2. The molecule has 9 heteroatoms. The summed E-state index contributed by atoms with van der Waals surface area (Å²) in [7, 11) is 0. The van der Waals surface area contributed by atoms with Gasteiger partial charge in [-0.15, -0.1) is 0 Å². The lowest BCUT2D eigenvalue weighted by molar-refractivity contribution is -0.125. The number of hydrogen-bond acceptors (Lipinski definition) is 7. The third-order valence-electron chi connectivity index (χ3n) is 13.2. The summed E-state index contributed by atoms with van der Waals surface area (Å²) in [4.78, 5) is 47.8. The van der Waals surface area contributed by atoms with E-state index >= 15 is 0 Å². The van der Waals surface area contributed by atoms with E-state index in [1.54, 1.807) is 6.07 Å². The minimum absolute atomic E-state index is 0.261. The summed E-state index contributed by atoms with van der Waals surface area (Å²) < 4.78 is 0. The molecule has 0 saturated carbocycles. The van der Waals surface area contributed by atoms with Crippen molar-refractivity contribution in [1.29, 1.82) is 0 Å². The highest BCUT2D eigenvalue weighted by atomic mass is 16.3. The number of rotatable bonds is 8. The number of piperidine rings is 2. The number of phenols is 1. The largest absolute Gasteiger partial charge is 0.508 e. The number of carbonyl (C=O) groups excluding carboxylic acids is 3. The van der Waals surface area contributed by atoms with Crippen LogP contribution in [0.3, 0.4) is 0 Å². The van der Waals surface area contributed by atoms with Crippen molar-refractivity contribution in [3.63, 3.8) is 0 Å². The molecule has 4 heterocycles. The summed E-state index contributed by atoms with van der Waals surface area (Å²) in [5.74, 6) is 0.619. The number of aryl methyl sites for hydroxylation is 1. The molecule has 4 aliphatic heterocycles. The van der Waals surface area contributed by atoms with Crippen molar-refractivity contribution in [3.8, 4) is 5.75 Å². The molecule has 3 fully saturated rings. The van der Waals surface area contributed by atoms with Gasteiger partial charge in [0.25, 0.3) is 11.8 Å². The highest BCUT2D eigenvalue weighted by Crippen LogP contribution is 2.47. The standard InChI is InChI=1S/C47H51N5O4/c1-31-7-18-43(45(54)48-31)52-46(55)41-16-13-37(30-42(41)47(52)56)51-27-25-49(26-28-51)22-19-32-20-23-50(24-21-32)36-11-8-34(9-12-36)44-39(33-5-3-2-4-6-33)15-10-35-29-38(53)14-17-40(35)44/h2-6,8-9,11-14,16-17,29-30,32,39,43-44,53H,1,7,10,15,18-28H2,(H,48,54)/t39-,43?,44+/m0/s1. The number of anilines is 2. The number of amides is 3. The Balaban J connectivity index is 0.764. The van der Waals surface area contributed by atoms with Crippen molar-refractivity contribution in [1.82, 2.24) is 15.1 Å². The molecule has 0 spiro atoms. The van der Waals surface area contributed by atoms with E-state index in [0.29, 0.717) is 41.3 Å². The molecular formula is C47H51N5O4. The van der Waals surface area contributed by atoms with E-state index in [1.165, 1.54) is 47.2 Å². The Morgan fingerprint density at radius 3 is 2.14 bits per heavy atom. The summed E-state index contributed by atoms with van der Waals surface area (Å²) in [6.07, 6.45) is 6.61. The first-order chi connectivity index (χ1) is 27.3. The Morgan fingerprint density at radius 1 is 0.679 bits per heavy atom. The molecule has 4 aromatic rings. The zero-order valence-corrected chi connectivity index (χ0v) is 32.0. The lowest BCUT2D eigenvalue weighted by Crippen LogP contribution is -2.51. The lowest BCUT2D eigenvalue weighted by atomic mass is 9.69. The molecule has 1 unspecified atom stereocenters. The van der Waals surface area contributed by atoms with Crippen molar-refractivity contribution in [2.45, 2.75) is 62.8 Å². The van der Waals surface area contributed by atoms with Crippen LogP contribution in [-0.2, 0) is 11.2 Å². The molecule has 3 atom stereocenters. The van der Waals surface area contributed by atoms with Gasteiger partial charge in [0.2, 0.25) is 5.91 Å². The summed E-state index contributed by atoms with van der Waals surface area (Å²) >= 11 is 0. The van der Waals surface area contributed by atoms with Crippen LogP contribution >= 0.6 is 0 Å². The normalized spacial score (nSPS) is 23.3. The highest BCUT2D eigenvalue weighted by molar-refractivity contribution is 6.23. The van der Waals surface area contributed by atoms with E-state index in [9.17, 15) is 19.5 Å². The number of nitrogens with one attached hydrogen (secondary N) is 1. The van der Waals surface area contributed by atoms with Gasteiger partial charge < -0.3 is 20.2 Å². The molecule has 4 aromatic carbocycles. The summed E-state index contributed by atoms with van der Waals surface area (Å²) in [5.41, 5.74) is 8.97. The minimum atomic E-state index is -0.796. The number of allylic oxidation sites excluding steroid dienone is 1. The first kappa shape index (κ1) is 36.2. The third kappa shape index (κ3) is 6.98. The average Bonchev–Trinajstić information content (AvgIpc) is 3.48. The van der Waals surface area contributed by atoms with E-state index in [0.717, 1.165) is 75.2 Å². The predicted octanol–water partition coefficient (Wildman–Crippen LogP) is 7.07. The SMILES string of the molecule is C=C1CCC(N2C(=O)c3ccc(N4CCN(CCC5CCN(c6ccc([C@H]7c8ccc(O)cc8CC[C@H]7c7ccccc7)cc6)CC5)CC4)cc3C2=O)C(=O)N1. The first-order valence-electron chi connectivity index (χ1n) is 20.5. The molecule has 9 rings (SSSR count). The number of aromatic hydroxyl groups is 1. The van der Waals surface area contributed by atoms with Gasteiger partial charge in [-0.05, 0) is 128 Å². The van der Waals surface area contributed by atoms with Gasteiger partial charge in [0.1, 0.15) is 11.8 Å². The minimum Gasteiger partial charge on any atom is -0.508 e. The Bertz CT molecular complexity index is 2140. The molecule has 9 nitrogen and oxygen atoms in total. The summed E-state index contributed by atoms with van der Waals surface area (Å²) in [6, 6.07) is 30.9. The smallest absolute Gasteiger partial charge is 0.262 e. The van der Waals surface area contributed by atoms with Crippen LogP contribution in [0.5, 0.6) is 5.75 Å². The topological polar surface area (TPSA) is 96.4 Å². The molecule has 3 saturated heterocycles. The maximum atomic E-state index is 13.4. The molecule has 5 aliphatic rings. The maximum Gasteiger partial charge on any atom is 0.262 e. The second-order valence-electron chi connectivity index (χ2n) is 16.4. The van der Waals surface area contributed by atoms with Crippen LogP contribution < -0.4 is 15.1 Å². The van der Waals surface area contributed by atoms with E-state index in [-0.39, 0.29) is 23.6 Å². The van der Waals surface area contributed by atoms with Gasteiger partial charge in [0.05, 0.1) is 11.1 Å². The average molecular weight is 750 g/mol. The number of phenolic OH excluding ortho intramolecular Hbond substituents is 1. The quantitative estimate of drug-likeness (QED) is 0.186. The Kier molecular flexibility index (Phi) is 9.88. The fraction of sp³-hybridized carbons (Fsp3) is 0.383. The van der Waals surface area contributed by atoms with Gasteiger partial charge in [0, 0.05) is 62.3 Å². The number of hydrogen-bond donors (Lipinski definition) is 2. The number of piperazine rings is 1. The summed E-state index contributed by atoms with van der Waals surface area (Å²) in [5, 5.41) is 12.9.